The summed E-state index contributed by atoms with van der Waals surface area (Å²) in [6.07, 6.45) is 2.59. The van der Waals surface area contributed by atoms with Crippen LogP contribution in [0, 0.1) is 0 Å². The summed E-state index contributed by atoms with van der Waals surface area (Å²) in [6, 6.07) is 0. The smallest absolute Gasteiger partial charge is 0.245 e. The van der Waals surface area contributed by atoms with Crippen LogP contribution in [0.1, 0.15) is 12.8 Å². The summed E-state index contributed by atoms with van der Waals surface area (Å²) in [4.78, 5) is 8.48. The van der Waals surface area contributed by atoms with Crippen LogP contribution in [-0.4, -0.2) is 53.3 Å². The van der Waals surface area contributed by atoms with Crippen molar-refractivity contribution >= 4 is 29.0 Å². The highest BCUT2D eigenvalue weighted by molar-refractivity contribution is 6.32. The summed E-state index contributed by atoms with van der Waals surface area (Å²) in [5.74, 6) is 0.589. The lowest BCUT2D eigenvalue weighted by molar-refractivity contribution is 0.346. The molecule has 0 aromatic carbocycles. The van der Waals surface area contributed by atoms with E-state index in [9.17, 15) is 0 Å². The van der Waals surface area contributed by atoms with E-state index in [0.29, 0.717) is 11.0 Å². The lowest BCUT2D eigenvalue weighted by atomic mass is 10.4. The molecule has 2 heterocycles. The molecular weight excluding hydrogens is 261 g/mol. The molecule has 1 aromatic heterocycles. The van der Waals surface area contributed by atoms with Gasteiger partial charge in [0, 0.05) is 20.1 Å². The Morgan fingerprint density at radius 1 is 1.24 bits per heavy atom. The first-order valence-electron chi connectivity index (χ1n) is 5.66. The Balaban J connectivity index is 1.93. The van der Waals surface area contributed by atoms with Crippen LogP contribution < -0.4 is 4.90 Å². The molecule has 0 unspecified atom stereocenters. The summed E-state index contributed by atoms with van der Waals surface area (Å²) in [5.41, 5.74) is 0. The van der Waals surface area contributed by atoms with Crippen LogP contribution in [0.5, 0.6) is 0 Å². The molecule has 0 N–H and O–H groups in total. The van der Waals surface area contributed by atoms with Gasteiger partial charge in [-0.15, -0.1) is 10.2 Å². The minimum Gasteiger partial charge on any atom is -0.356 e. The van der Waals surface area contributed by atoms with Crippen molar-refractivity contribution in [2.45, 2.75) is 12.8 Å². The SMILES string of the molecule is CN(CCN1CCCC1)c1nc(Cl)nnc1Cl. The molecule has 1 aromatic rings. The normalized spacial score (nSPS) is 16.4. The van der Waals surface area contributed by atoms with E-state index >= 15 is 0 Å². The zero-order valence-corrected chi connectivity index (χ0v) is 11.2. The van der Waals surface area contributed by atoms with E-state index in [1.54, 1.807) is 0 Å². The van der Waals surface area contributed by atoms with Gasteiger partial charge in [0.1, 0.15) is 0 Å². The summed E-state index contributed by atoms with van der Waals surface area (Å²) < 4.78 is 0. The summed E-state index contributed by atoms with van der Waals surface area (Å²) in [5, 5.41) is 7.75. The second kappa shape index (κ2) is 5.80. The molecule has 0 radical (unpaired) electrons. The number of nitrogens with zero attached hydrogens (tertiary/aromatic N) is 5. The van der Waals surface area contributed by atoms with Gasteiger partial charge in [0.2, 0.25) is 5.28 Å². The number of aromatic nitrogens is 3. The number of hydrogen-bond donors (Lipinski definition) is 0. The first-order valence-corrected chi connectivity index (χ1v) is 6.41. The topological polar surface area (TPSA) is 45.2 Å². The molecule has 0 aliphatic carbocycles. The number of halogens is 2. The lowest BCUT2D eigenvalue weighted by Gasteiger charge is -2.22. The van der Waals surface area contributed by atoms with Crippen LogP contribution >= 0.6 is 23.2 Å². The fourth-order valence-corrected chi connectivity index (χ4v) is 2.27. The number of anilines is 1. The lowest BCUT2D eigenvalue weighted by Crippen LogP contribution is -2.32. The third-order valence-corrected chi connectivity index (χ3v) is 3.32. The van der Waals surface area contributed by atoms with E-state index < -0.39 is 0 Å². The van der Waals surface area contributed by atoms with E-state index in [4.69, 9.17) is 23.2 Å². The Kier molecular flexibility index (Phi) is 4.36. The average Bonchev–Trinajstić information content (AvgIpc) is 2.82. The number of rotatable bonds is 4. The van der Waals surface area contributed by atoms with Gasteiger partial charge in [-0.1, -0.05) is 11.6 Å². The Morgan fingerprint density at radius 2 is 1.94 bits per heavy atom. The van der Waals surface area contributed by atoms with Gasteiger partial charge in [0.05, 0.1) is 0 Å². The minimum absolute atomic E-state index is 0.123. The second-order valence-electron chi connectivity index (χ2n) is 4.17. The molecule has 7 heteroatoms. The zero-order chi connectivity index (χ0) is 12.3. The van der Waals surface area contributed by atoms with Gasteiger partial charge in [-0.05, 0) is 37.5 Å². The highest BCUT2D eigenvalue weighted by atomic mass is 35.5. The Bertz CT molecular complexity index is 381. The standard InChI is InChI=1S/C10H15Cl2N5/c1-16(6-7-17-4-2-3-5-17)9-8(11)14-15-10(12)13-9/h2-7H2,1H3. The molecule has 1 aliphatic rings. The van der Waals surface area contributed by atoms with Crippen molar-refractivity contribution in [1.82, 2.24) is 20.1 Å². The van der Waals surface area contributed by atoms with Crippen LogP contribution in [-0.2, 0) is 0 Å². The van der Waals surface area contributed by atoms with Crippen LogP contribution in [0.2, 0.25) is 10.4 Å². The van der Waals surface area contributed by atoms with Crippen LogP contribution in [0.4, 0.5) is 5.82 Å². The van der Waals surface area contributed by atoms with Gasteiger partial charge < -0.3 is 9.80 Å². The van der Waals surface area contributed by atoms with Crippen molar-refractivity contribution in [1.29, 1.82) is 0 Å². The van der Waals surface area contributed by atoms with Crippen molar-refractivity contribution in [2.24, 2.45) is 0 Å². The minimum atomic E-state index is 0.123. The van der Waals surface area contributed by atoms with E-state index in [-0.39, 0.29) is 5.28 Å². The largest absolute Gasteiger partial charge is 0.356 e. The number of hydrogen-bond acceptors (Lipinski definition) is 5. The molecule has 1 saturated heterocycles. The molecule has 1 aliphatic heterocycles. The maximum Gasteiger partial charge on any atom is 0.245 e. The van der Waals surface area contributed by atoms with Crippen molar-refractivity contribution in [3.8, 4) is 0 Å². The maximum atomic E-state index is 5.94. The van der Waals surface area contributed by atoms with E-state index in [1.165, 1.54) is 25.9 Å². The molecule has 0 amide bonds. The Labute approximate surface area is 111 Å². The number of likely N-dealkylation sites (tertiary alicyclic amines) is 1. The molecule has 2 rings (SSSR count). The van der Waals surface area contributed by atoms with E-state index in [2.05, 4.69) is 20.1 Å². The second-order valence-corrected chi connectivity index (χ2v) is 4.86. The molecular formula is C10H15Cl2N5. The first-order chi connectivity index (χ1) is 8.16. The fraction of sp³-hybridized carbons (Fsp3) is 0.700. The van der Waals surface area contributed by atoms with Gasteiger partial charge in [-0.2, -0.15) is 4.98 Å². The van der Waals surface area contributed by atoms with E-state index in [1.807, 2.05) is 11.9 Å². The average molecular weight is 276 g/mol. The first kappa shape index (κ1) is 12.8. The van der Waals surface area contributed by atoms with Gasteiger partial charge in [0.25, 0.3) is 0 Å². The van der Waals surface area contributed by atoms with E-state index in [0.717, 1.165) is 13.1 Å². The highest BCUT2D eigenvalue weighted by Gasteiger charge is 2.15. The van der Waals surface area contributed by atoms with Crippen molar-refractivity contribution in [3.63, 3.8) is 0 Å². The Hall–Kier alpha value is -0.650. The van der Waals surface area contributed by atoms with Gasteiger partial charge >= 0.3 is 0 Å². The quantitative estimate of drug-likeness (QED) is 0.837. The molecule has 1 fully saturated rings. The van der Waals surface area contributed by atoms with Crippen LogP contribution in [0.3, 0.4) is 0 Å². The number of likely N-dealkylation sites (N-methyl/N-ethyl adjacent to an activating group) is 1. The third kappa shape index (κ3) is 3.40. The van der Waals surface area contributed by atoms with Gasteiger partial charge in [-0.25, -0.2) is 0 Å². The predicted molar refractivity (Wildman–Crippen MR) is 68.8 cm³/mol. The molecule has 94 valence electrons. The Morgan fingerprint density at radius 3 is 2.65 bits per heavy atom. The molecule has 0 bridgehead atoms. The van der Waals surface area contributed by atoms with Crippen molar-refractivity contribution in [3.05, 3.63) is 10.4 Å². The predicted octanol–water partition coefficient (Wildman–Crippen LogP) is 1.71. The van der Waals surface area contributed by atoms with Crippen LogP contribution in [0.15, 0.2) is 0 Å². The molecule has 0 saturated carbocycles. The van der Waals surface area contributed by atoms with Crippen molar-refractivity contribution in [2.75, 3.05) is 38.1 Å². The maximum absolute atomic E-state index is 5.94. The molecule has 0 atom stereocenters. The third-order valence-electron chi connectivity index (χ3n) is 2.91. The van der Waals surface area contributed by atoms with Gasteiger partial charge in [0.15, 0.2) is 11.0 Å². The summed E-state index contributed by atoms with van der Waals surface area (Å²) in [6.45, 7) is 4.23. The summed E-state index contributed by atoms with van der Waals surface area (Å²) >= 11 is 11.6. The molecule has 0 spiro atoms. The van der Waals surface area contributed by atoms with Crippen LogP contribution in [0.25, 0.3) is 0 Å². The monoisotopic (exact) mass is 275 g/mol. The zero-order valence-electron chi connectivity index (χ0n) is 9.73. The van der Waals surface area contributed by atoms with Gasteiger partial charge in [-0.3, -0.25) is 0 Å². The molecule has 17 heavy (non-hydrogen) atoms. The highest BCUT2D eigenvalue weighted by Crippen LogP contribution is 2.20. The fourth-order valence-electron chi connectivity index (χ4n) is 1.93. The molecule has 5 nitrogen and oxygen atoms in total. The van der Waals surface area contributed by atoms with Crippen molar-refractivity contribution < 1.29 is 0 Å². The summed E-state index contributed by atoms with van der Waals surface area (Å²) in [7, 11) is 1.93.